The van der Waals surface area contributed by atoms with Gasteiger partial charge in [0.2, 0.25) is 0 Å². The van der Waals surface area contributed by atoms with Crippen molar-refractivity contribution in [3.8, 4) is 0 Å². The number of hydrogen-bond donors (Lipinski definition) is 0. The minimum atomic E-state index is -3.21. The van der Waals surface area contributed by atoms with Crippen molar-refractivity contribution < 1.29 is 8.42 Å². The van der Waals surface area contributed by atoms with Crippen molar-refractivity contribution in [1.82, 2.24) is 14.3 Å². The first-order valence-electron chi connectivity index (χ1n) is 4.96. The molecule has 0 aliphatic heterocycles. The molecular weight excluding hydrogens is 230 g/mol. The number of sulfone groups is 1. The van der Waals surface area contributed by atoms with Crippen molar-refractivity contribution in [2.24, 2.45) is 7.05 Å². The Labute approximate surface area is 94.8 Å². The van der Waals surface area contributed by atoms with Crippen molar-refractivity contribution in [1.29, 1.82) is 0 Å². The Morgan fingerprint density at radius 3 is 2.31 bits per heavy atom. The molecule has 16 heavy (non-hydrogen) atoms. The lowest BCUT2D eigenvalue weighted by atomic mass is 10.3. The zero-order valence-electron chi connectivity index (χ0n) is 9.97. The fraction of sp³-hybridized carbons (Fsp3) is 0.778. The van der Waals surface area contributed by atoms with Gasteiger partial charge in [0.1, 0.15) is 6.33 Å². The summed E-state index contributed by atoms with van der Waals surface area (Å²) in [6, 6.07) is 0. The normalized spacial score (nSPS) is 13.0. The van der Waals surface area contributed by atoms with Crippen LogP contribution in [0.2, 0.25) is 0 Å². The van der Waals surface area contributed by atoms with Gasteiger partial charge in [-0.3, -0.25) is 4.57 Å². The van der Waals surface area contributed by atoms with Crippen molar-refractivity contribution >= 4 is 9.84 Å². The molecule has 0 aliphatic rings. The summed E-state index contributed by atoms with van der Waals surface area (Å²) < 4.78 is 25.3. The molecule has 0 atom stereocenters. The Hall–Kier alpha value is -1.11. The van der Waals surface area contributed by atoms with Gasteiger partial charge in [-0.25, -0.2) is 17.9 Å². The van der Waals surface area contributed by atoms with Crippen molar-refractivity contribution in [2.45, 2.75) is 32.1 Å². The first kappa shape index (κ1) is 13.0. The van der Waals surface area contributed by atoms with Crippen LogP contribution in [0.15, 0.2) is 11.1 Å². The Balaban J connectivity index is 2.81. The van der Waals surface area contributed by atoms with Gasteiger partial charge in [-0.2, -0.15) is 5.10 Å². The summed E-state index contributed by atoms with van der Waals surface area (Å²) >= 11 is 0. The molecule has 0 spiro atoms. The standard InChI is InChI=1S/C9H17N3O3S/c1-9(2,3)16(14,15)6-5-12-8(13)11(4)7-10-12/h7H,5-6H2,1-4H3. The second kappa shape index (κ2) is 4.04. The summed E-state index contributed by atoms with van der Waals surface area (Å²) in [6.07, 6.45) is 1.37. The maximum atomic E-state index is 11.8. The highest BCUT2D eigenvalue weighted by Crippen LogP contribution is 2.15. The van der Waals surface area contributed by atoms with Gasteiger partial charge in [0.15, 0.2) is 9.84 Å². The average Bonchev–Trinajstić information content (AvgIpc) is 2.43. The van der Waals surface area contributed by atoms with Crippen molar-refractivity contribution in [3.63, 3.8) is 0 Å². The highest BCUT2D eigenvalue weighted by molar-refractivity contribution is 7.92. The monoisotopic (exact) mass is 247 g/mol. The lowest BCUT2D eigenvalue weighted by molar-refractivity contribution is 0.544. The van der Waals surface area contributed by atoms with E-state index in [0.29, 0.717) is 0 Å². The summed E-state index contributed by atoms with van der Waals surface area (Å²) in [4.78, 5) is 11.4. The molecule has 0 aromatic carbocycles. The molecule has 0 N–H and O–H groups in total. The molecule has 7 heteroatoms. The first-order chi connectivity index (χ1) is 7.15. The van der Waals surface area contributed by atoms with Gasteiger partial charge >= 0.3 is 5.69 Å². The van der Waals surface area contributed by atoms with Crippen LogP contribution in [-0.2, 0) is 23.4 Å². The molecule has 92 valence electrons. The molecule has 1 rings (SSSR count). The molecule has 0 aliphatic carbocycles. The van der Waals surface area contributed by atoms with Crippen molar-refractivity contribution in [3.05, 3.63) is 16.8 Å². The van der Waals surface area contributed by atoms with Gasteiger partial charge in [-0.15, -0.1) is 0 Å². The molecule has 0 amide bonds. The Morgan fingerprint density at radius 1 is 1.38 bits per heavy atom. The number of rotatable bonds is 3. The number of aromatic nitrogens is 3. The third kappa shape index (κ3) is 2.52. The van der Waals surface area contributed by atoms with E-state index in [1.54, 1.807) is 27.8 Å². The molecule has 1 heterocycles. The molecule has 0 fully saturated rings. The summed E-state index contributed by atoms with van der Waals surface area (Å²) in [5.74, 6) is -0.0760. The van der Waals surface area contributed by atoms with E-state index in [4.69, 9.17) is 0 Å². The molecule has 0 saturated carbocycles. The lowest BCUT2D eigenvalue weighted by Gasteiger charge is -2.18. The summed E-state index contributed by atoms with van der Waals surface area (Å²) in [5.41, 5.74) is -0.302. The summed E-state index contributed by atoms with van der Waals surface area (Å²) in [5, 5.41) is 3.80. The quantitative estimate of drug-likeness (QED) is 0.741. The van der Waals surface area contributed by atoms with E-state index in [1.165, 1.54) is 10.9 Å². The van der Waals surface area contributed by atoms with Gasteiger partial charge in [0.05, 0.1) is 17.0 Å². The van der Waals surface area contributed by atoms with E-state index in [9.17, 15) is 13.2 Å². The Morgan fingerprint density at radius 2 is 1.94 bits per heavy atom. The minimum Gasteiger partial charge on any atom is -0.285 e. The first-order valence-corrected chi connectivity index (χ1v) is 6.61. The van der Waals surface area contributed by atoms with Crippen LogP contribution in [0.1, 0.15) is 20.8 Å². The second-order valence-corrected chi connectivity index (χ2v) is 7.54. The van der Waals surface area contributed by atoms with Crippen LogP contribution < -0.4 is 5.69 Å². The third-order valence-corrected chi connectivity index (χ3v) is 4.98. The van der Waals surface area contributed by atoms with E-state index >= 15 is 0 Å². The fourth-order valence-corrected chi connectivity index (χ4v) is 2.11. The van der Waals surface area contributed by atoms with Crippen molar-refractivity contribution in [2.75, 3.05) is 5.75 Å². The minimum absolute atomic E-state index is 0.0760. The van der Waals surface area contributed by atoms with Crippen LogP contribution in [0.3, 0.4) is 0 Å². The number of nitrogens with zero attached hydrogens (tertiary/aromatic N) is 3. The predicted molar refractivity (Wildman–Crippen MR) is 61.0 cm³/mol. The van der Waals surface area contributed by atoms with Crippen LogP contribution in [0.5, 0.6) is 0 Å². The zero-order valence-corrected chi connectivity index (χ0v) is 10.8. The predicted octanol–water partition coefficient (Wildman–Crippen LogP) is -0.205. The zero-order chi connectivity index (χ0) is 12.6. The molecule has 0 radical (unpaired) electrons. The molecular formula is C9H17N3O3S. The summed E-state index contributed by atoms with van der Waals surface area (Å²) in [7, 11) is -1.64. The van der Waals surface area contributed by atoms with Gasteiger partial charge in [0.25, 0.3) is 0 Å². The van der Waals surface area contributed by atoms with Crippen LogP contribution >= 0.6 is 0 Å². The molecule has 1 aromatic heterocycles. The maximum Gasteiger partial charge on any atom is 0.345 e. The third-order valence-electron chi connectivity index (χ3n) is 2.39. The van der Waals surface area contributed by atoms with Crippen LogP contribution in [0, 0.1) is 0 Å². The van der Waals surface area contributed by atoms with Gasteiger partial charge < -0.3 is 0 Å². The van der Waals surface area contributed by atoms with Crippen LogP contribution in [-0.4, -0.2) is 33.3 Å². The van der Waals surface area contributed by atoms with Crippen LogP contribution in [0.25, 0.3) is 0 Å². The Kier molecular flexibility index (Phi) is 3.27. The van der Waals surface area contributed by atoms with E-state index in [2.05, 4.69) is 5.10 Å². The molecule has 0 saturated heterocycles. The highest BCUT2D eigenvalue weighted by atomic mass is 32.2. The average molecular weight is 247 g/mol. The maximum absolute atomic E-state index is 11.8. The molecule has 6 nitrogen and oxygen atoms in total. The number of hydrogen-bond acceptors (Lipinski definition) is 4. The molecule has 1 aromatic rings. The fourth-order valence-electron chi connectivity index (χ4n) is 1.09. The lowest BCUT2D eigenvalue weighted by Crippen LogP contribution is -2.34. The van der Waals surface area contributed by atoms with Gasteiger partial charge in [0, 0.05) is 7.05 Å². The van der Waals surface area contributed by atoms with E-state index in [1.807, 2.05) is 0 Å². The van der Waals surface area contributed by atoms with E-state index in [0.717, 1.165) is 4.68 Å². The molecule has 0 unspecified atom stereocenters. The topological polar surface area (TPSA) is 74.0 Å². The van der Waals surface area contributed by atoms with Gasteiger partial charge in [-0.1, -0.05) is 0 Å². The second-order valence-electron chi connectivity index (χ2n) is 4.68. The Bertz CT molecular complexity index is 519. The van der Waals surface area contributed by atoms with Gasteiger partial charge in [-0.05, 0) is 20.8 Å². The highest BCUT2D eigenvalue weighted by Gasteiger charge is 2.28. The van der Waals surface area contributed by atoms with E-state index < -0.39 is 14.6 Å². The smallest absolute Gasteiger partial charge is 0.285 e. The number of aryl methyl sites for hydroxylation is 2. The summed E-state index contributed by atoms with van der Waals surface area (Å²) in [6.45, 7) is 5.02. The molecule has 0 bridgehead atoms. The largest absolute Gasteiger partial charge is 0.345 e. The van der Waals surface area contributed by atoms with Crippen LogP contribution in [0.4, 0.5) is 0 Å². The van der Waals surface area contributed by atoms with E-state index in [-0.39, 0.29) is 18.0 Å². The SMILES string of the molecule is Cn1cnn(CCS(=O)(=O)C(C)(C)C)c1=O.